The third kappa shape index (κ3) is 3.01. The van der Waals surface area contributed by atoms with E-state index in [2.05, 4.69) is 20.4 Å². The molecule has 0 aliphatic heterocycles. The van der Waals surface area contributed by atoms with Crippen LogP contribution < -0.4 is 11.1 Å². The number of primary amides is 1. The van der Waals surface area contributed by atoms with E-state index in [-0.39, 0.29) is 6.54 Å². The maximum Gasteiger partial charge on any atom is 0.239 e. The first-order chi connectivity index (χ1) is 10.1. The average Bonchev–Trinajstić information content (AvgIpc) is 2.85. The van der Waals surface area contributed by atoms with Gasteiger partial charge in [0.15, 0.2) is 0 Å². The molecule has 0 unspecified atom stereocenters. The number of anilines is 2. The van der Waals surface area contributed by atoms with E-state index < -0.39 is 5.91 Å². The molecule has 7 nitrogen and oxygen atoms in total. The molecule has 3 N–H and O–H groups in total. The summed E-state index contributed by atoms with van der Waals surface area (Å²) in [5.74, 6) is 1.19. The molecule has 0 aromatic carbocycles. The molecule has 2 aromatic heterocycles. The van der Waals surface area contributed by atoms with Gasteiger partial charge in [-0.1, -0.05) is 0 Å². The summed E-state index contributed by atoms with van der Waals surface area (Å²) in [5.41, 5.74) is 8.28. The molecule has 0 spiro atoms. The van der Waals surface area contributed by atoms with Crippen molar-refractivity contribution in [2.24, 2.45) is 5.73 Å². The molecule has 0 bridgehead atoms. The standard InChI is InChI=1S/C14H18N6O/c1-9-17-12-5-3-2-4-11(12)14(18-9)19-10-6-16-20(7-10)8-13(15)21/h6-7H,2-5,8H2,1H3,(H2,15,21)(H,17,18,19). The van der Waals surface area contributed by atoms with Crippen molar-refractivity contribution in [2.45, 2.75) is 39.2 Å². The van der Waals surface area contributed by atoms with Crippen molar-refractivity contribution >= 4 is 17.4 Å². The second kappa shape index (κ2) is 5.51. The van der Waals surface area contributed by atoms with Gasteiger partial charge >= 0.3 is 0 Å². The van der Waals surface area contributed by atoms with Gasteiger partial charge in [-0.25, -0.2) is 9.97 Å². The Morgan fingerprint density at radius 2 is 2.19 bits per heavy atom. The highest BCUT2D eigenvalue weighted by Gasteiger charge is 2.17. The summed E-state index contributed by atoms with van der Waals surface area (Å²) >= 11 is 0. The molecule has 21 heavy (non-hydrogen) atoms. The summed E-state index contributed by atoms with van der Waals surface area (Å²) in [6.07, 6.45) is 7.75. The zero-order valence-electron chi connectivity index (χ0n) is 12.0. The zero-order chi connectivity index (χ0) is 14.8. The fourth-order valence-electron chi connectivity index (χ4n) is 2.63. The fraction of sp³-hybridized carbons (Fsp3) is 0.429. The lowest BCUT2D eigenvalue weighted by Gasteiger charge is -2.18. The minimum Gasteiger partial charge on any atom is -0.368 e. The largest absolute Gasteiger partial charge is 0.368 e. The molecule has 1 amide bonds. The number of nitrogens with one attached hydrogen (secondary N) is 1. The van der Waals surface area contributed by atoms with Crippen LogP contribution in [0.4, 0.5) is 11.5 Å². The van der Waals surface area contributed by atoms with Gasteiger partial charge < -0.3 is 11.1 Å². The molecule has 1 aliphatic carbocycles. The molecule has 7 heteroatoms. The smallest absolute Gasteiger partial charge is 0.239 e. The molecule has 0 saturated carbocycles. The van der Waals surface area contributed by atoms with Crippen LogP contribution in [-0.2, 0) is 24.2 Å². The lowest BCUT2D eigenvalue weighted by molar-refractivity contribution is -0.118. The van der Waals surface area contributed by atoms with Gasteiger partial charge in [0, 0.05) is 17.5 Å². The predicted molar refractivity (Wildman–Crippen MR) is 78.1 cm³/mol. The van der Waals surface area contributed by atoms with E-state index in [1.807, 2.05) is 6.92 Å². The number of carbonyl (C=O) groups is 1. The summed E-state index contributed by atoms with van der Waals surface area (Å²) < 4.78 is 1.51. The van der Waals surface area contributed by atoms with Gasteiger partial charge in [0.1, 0.15) is 18.2 Å². The third-order valence-corrected chi connectivity index (χ3v) is 3.51. The van der Waals surface area contributed by atoms with E-state index >= 15 is 0 Å². The van der Waals surface area contributed by atoms with Crippen LogP contribution in [-0.4, -0.2) is 25.7 Å². The summed E-state index contributed by atoms with van der Waals surface area (Å²) in [5, 5.41) is 7.38. The molecule has 2 heterocycles. The van der Waals surface area contributed by atoms with Crippen molar-refractivity contribution in [1.29, 1.82) is 0 Å². The number of nitrogens with two attached hydrogens (primary N) is 1. The Morgan fingerprint density at radius 1 is 1.38 bits per heavy atom. The van der Waals surface area contributed by atoms with Gasteiger partial charge in [-0.2, -0.15) is 5.10 Å². The fourth-order valence-corrected chi connectivity index (χ4v) is 2.63. The maximum absolute atomic E-state index is 10.9. The van der Waals surface area contributed by atoms with E-state index in [9.17, 15) is 4.79 Å². The van der Waals surface area contributed by atoms with Gasteiger partial charge in [-0.15, -0.1) is 0 Å². The first-order valence-corrected chi connectivity index (χ1v) is 7.06. The van der Waals surface area contributed by atoms with Crippen molar-refractivity contribution in [3.63, 3.8) is 0 Å². The highest BCUT2D eigenvalue weighted by Crippen LogP contribution is 2.27. The number of carbonyl (C=O) groups excluding carboxylic acids is 1. The van der Waals surface area contributed by atoms with Gasteiger partial charge in [0.05, 0.1) is 11.9 Å². The number of aryl methyl sites for hydroxylation is 2. The van der Waals surface area contributed by atoms with Gasteiger partial charge in [-0.05, 0) is 32.6 Å². The Bertz CT molecular complexity index is 678. The van der Waals surface area contributed by atoms with E-state index in [1.54, 1.807) is 12.4 Å². The van der Waals surface area contributed by atoms with Gasteiger partial charge in [-0.3, -0.25) is 9.48 Å². The van der Waals surface area contributed by atoms with Crippen LogP contribution in [0.3, 0.4) is 0 Å². The second-order valence-corrected chi connectivity index (χ2v) is 5.27. The second-order valence-electron chi connectivity index (χ2n) is 5.27. The van der Waals surface area contributed by atoms with Crippen molar-refractivity contribution in [2.75, 3.05) is 5.32 Å². The lowest BCUT2D eigenvalue weighted by Crippen LogP contribution is -2.18. The summed E-state index contributed by atoms with van der Waals surface area (Å²) in [4.78, 5) is 19.9. The van der Waals surface area contributed by atoms with Crippen molar-refractivity contribution in [3.8, 4) is 0 Å². The van der Waals surface area contributed by atoms with E-state index in [4.69, 9.17) is 5.73 Å². The number of hydrogen-bond donors (Lipinski definition) is 2. The molecule has 1 aliphatic rings. The number of hydrogen-bond acceptors (Lipinski definition) is 5. The van der Waals surface area contributed by atoms with Crippen LogP contribution in [0.1, 0.15) is 29.9 Å². The highest BCUT2D eigenvalue weighted by atomic mass is 16.1. The first-order valence-electron chi connectivity index (χ1n) is 7.06. The molecule has 0 atom stereocenters. The average molecular weight is 286 g/mol. The highest BCUT2D eigenvalue weighted by molar-refractivity contribution is 5.73. The van der Waals surface area contributed by atoms with Crippen LogP contribution in [0.15, 0.2) is 12.4 Å². The van der Waals surface area contributed by atoms with Gasteiger partial charge in [0.2, 0.25) is 5.91 Å². The number of fused-ring (bicyclic) bond motifs is 1. The Kier molecular flexibility index (Phi) is 3.55. The topological polar surface area (TPSA) is 98.7 Å². The number of aromatic nitrogens is 4. The Balaban J connectivity index is 1.86. The molecule has 2 aromatic rings. The lowest BCUT2D eigenvalue weighted by atomic mass is 9.96. The number of amides is 1. The van der Waals surface area contributed by atoms with Gasteiger partial charge in [0.25, 0.3) is 0 Å². The van der Waals surface area contributed by atoms with Crippen LogP contribution in [0.25, 0.3) is 0 Å². The minimum atomic E-state index is -0.417. The molecular formula is C14H18N6O. The first kappa shape index (κ1) is 13.5. The Labute approximate surface area is 122 Å². The monoisotopic (exact) mass is 286 g/mol. The molecular weight excluding hydrogens is 268 g/mol. The maximum atomic E-state index is 10.9. The molecule has 110 valence electrons. The van der Waals surface area contributed by atoms with Crippen molar-refractivity contribution in [1.82, 2.24) is 19.7 Å². The molecule has 0 fully saturated rings. The quantitative estimate of drug-likeness (QED) is 0.876. The minimum absolute atomic E-state index is 0.0720. The third-order valence-electron chi connectivity index (χ3n) is 3.51. The van der Waals surface area contributed by atoms with Crippen LogP contribution in [0, 0.1) is 6.92 Å². The van der Waals surface area contributed by atoms with E-state index in [0.717, 1.165) is 42.3 Å². The van der Waals surface area contributed by atoms with E-state index in [1.165, 1.54) is 16.7 Å². The van der Waals surface area contributed by atoms with E-state index in [0.29, 0.717) is 0 Å². The SMILES string of the molecule is Cc1nc2c(c(Nc3cnn(CC(N)=O)c3)n1)CCCC2. The molecule has 0 saturated heterocycles. The summed E-state index contributed by atoms with van der Waals surface area (Å²) in [6, 6.07) is 0. The molecule has 3 rings (SSSR count). The number of rotatable bonds is 4. The van der Waals surface area contributed by atoms with Crippen LogP contribution >= 0.6 is 0 Å². The van der Waals surface area contributed by atoms with Crippen LogP contribution in [0.5, 0.6) is 0 Å². The van der Waals surface area contributed by atoms with Crippen LogP contribution in [0.2, 0.25) is 0 Å². The predicted octanol–water partition coefficient (Wildman–Crippen LogP) is 1.09. The Hall–Kier alpha value is -2.44. The van der Waals surface area contributed by atoms with Crippen molar-refractivity contribution < 1.29 is 4.79 Å². The number of nitrogens with zero attached hydrogens (tertiary/aromatic N) is 4. The Morgan fingerprint density at radius 3 is 3.00 bits per heavy atom. The summed E-state index contributed by atoms with van der Waals surface area (Å²) in [6.45, 7) is 1.97. The normalized spacial score (nSPS) is 13.8. The zero-order valence-corrected chi connectivity index (χ0v) is 12.0. The van der Waals surface area contributed by atoms with Crippen molar-refractivity contribution in [3.05, 3.63) is 29.5 Å². The summed E-state index contributed by atoms with van der Waals surface area (Å²) in [7, 11) is 0. The molecule has 0 radical (unpaired) electrons.